The highest BCUT2D eigenvalue weighted by atomic mass is 19.1. The van der Waals surface area contributed by atoms with Crippen LogP contribution in [-0.4, -0.2) is 92.1 Å². The van der Waals surface area contributed by atoms with Gasteiger partial charge in [0.25, 0.3) is 11.8 Å². The number of halogens is 2. The van der Waals surface area contributed by atoms with Crippen molar-refractivity contribution in [3.63, 3.8) is 0 Å². The van der Waals surface area contributed by atoms with Gasteiger partial charge in [0.2, 0.25) is 0 Å². The molecular formula is C25H29F2N3O4. The Labute approximate surface area is 197 Å². The SMILES string of the molecule is COc1cccc(C(=O)N2CCCN(CC3CN(C(=O)c4ccc(F)cc4F)CCO3)CC2)c1. The van der Waals surface area contributed by atoms with E-state index in [2.05, 4.69) is 4.90 Å². The van der Waals surface area contributed by atoms with Gasteiger partial charge in [-0.3, -0.25) is 14.5 Å². The second kappa shape index (κ2) is 10.9. The van der Waals surface area contributed by atoms with Crippen LogP contribution in [0.5, 0.6) is 5.75 Å². The molecule has 2 heterocycles. The summed E-state index contributed by atoms with van der Waals surface area (Å²) in [4.78, 5) is 31.4. The first-order valence-electron chi connectivity index (χ1n) is 11.5. The fourth-order valence-corrected chi connectivity index (χ4v) is 4.43. The van der Waals surface area contributed by atoms with Crippen LogP contribution in [0.1, 0.15) is 27.1 Å². The Morgan fingerprint density at radius 2 is 1.85 bits per heavy atom. The molecule has 0 bridgehead atoms. The van der Waals surface area contributed by atoms with E-state index in [-0.39, 0.29) is 17.6 Å². The minimum absolute atomic E-state index is 0.0206. The lowest BCUT2D eigenvalue weighted by atomic mass is 10.1. The van der Waals surface area contributed by atoms with E-state index in [9.17, 15) is 18.4 Å². The molecule has 34 heavy (non-hydrogen) atoms. The molecule has 0 aliphatic carbocycles. The lowest BCUT2D eigenvalue weighted by Crippen LogP contribution is -2.50. The summed E-state index contributed by atoms with van der Waals surface area (Å²) in [7, 11) is 1.57. The Morgan fingerprint density at radius 3 is 2.65 bits per heavy atom. The second-order valence-electron chi connectivity index (χ2n) is 8.55. The first kappa shape index (κ1) is 24.1. The Kier molecular flexibility index (Phi) is 7.74. The fourth-order valence-electron chi connectivity index (χ4n) is 4.43. The first-order chi connectivity index (χ1) is 16.4. The van der Waals surface area contributed by atoms with Crippen LogP contribution in [0, 0.1) is 11.6 Å². The van der Waals surface area contributed by atoms with Crippen LogP contribution in [0.15, 0.2) is 42.5 Å². The second-order valence-corrected chi connectivity index (χ2v) is 8.55. The van der Waals surface area contributed by atoms with Gasteiger partial charge in [0.15, 0.2) is 0 Å². The third kappa shape index (κ3) is 5.71. The molecule has 2 fully saturated rings. The lowest BCUT2D eigenvalue weighted by Gasteiger charge is -2.35. The predicted octanol–water partition coefficient (Wildman–Crippen LogP) is 2.66. The van der Waals surface area contributed by atoms with E-state index in [4.69, 9.17) is 9.47 Å². The minimum Gasteiger partial charge on any atom is -0.497 e. The van der Waals surface area contributed by atoms with Gasteiger partial charge < -0.3 is 19.3 Å². The maximum absolute atomic E-state index is 14.1. The predicted molar refractivity (Wildman–Crippen MR) is 122 cm³/mol. The zero-order valence-electron chi connectivity index (χ0n) is 19.2. The molecule has 1 atom stereocenters. The quantitative estimate of drug-likeness (QED) is 0.668. The standard InChI is InChI=1S/C25H29F2N3O4/c1-33-20-5-2-4-18(14-20)24(31)29-9-3-8-28(10-11-29)16-21-17-30(12-13-34-21)25(32)22-7-6-19(26)15-23(22)27/h2,4-7,14-15,21H,3,8-13,16-17H2,1H3. The third-order valence-corrected chi connectivity index (χ3v) is 6.24. The maximum Gasteiger partial charge on any atom is 0.257 e. The zero-order chi connectivity index (χ0) is 24.1. The number of ether oxygens (including phenoxy) is 2. The number of methoxy groups -OCH3 is 1. The Bertz CT molecular complexity index is 1030. The highest BCUT2D eigenvalue weighted by Crippen LogP contribution is 2.18. The molecule has 4 rings (SSSR count). The molecule has 0 aromatic heterocycles. The number of hydrogen-bond donors (Lipinski definition) is 0. The lowest BCUT2D eigenvalue weighted by molar-refractivity contribution is -0.0354. The molecule has 2 saturated heterocycles. The van der Waals surface area contributed by atoms with Gasteiger partial charge >= 0.3 is 0 Å². The van der Waals surface area contributed by atoms with Crippen LogP contribution in [0.2, 0.25) is 0 Å². The van der Waals surface area contributed by atoms with E-state index in [1.165, 1.54) is 6.07 Å². The summed E-state index contributed by atoms with van der Waals surface area (Å²) in [6, 6.07) is 10.1. The van der Waals surface area contributed by atoms with E-state index >= 15 is 0 Å². The monoisotopic (exact) mass is 473 g/mol. The number of hydrogen-bond acceptors (Lipinski definition) is 5. The van der Waals surface area contributed by atoms with Crippen LogP contribution in [0.25, 0.3) is 0 Å². The average Bonchev–Trinajstić information content (AvgIpc) is 3.09. The molecule has 182 valence electrons. The van der Waals surface area contributed by atoms with Crippen LogP contribution in [-0.2, 0) is 4.74 Å². The Hall–Kier alpha value is -3.04. The molecule has 1 unspecified atom stereocenters. The van der Waals surface area contributed by atoms with Gasteiger partial charge in [0.1, 0.15) is 17.4 Å². The molecule has 2 aromatic carbocycles. The van der Waals surface area contributed by atoms with E-state index < -0.39 is 17.5 Å². The average molecular weight is 474 g/mol. The van der Waals surface area contributed by atoms with E-state index in [0.29, 0.717) is 57.2 Å². The normalized spacial score (nSPS) is 19.6. The maximum atomic E-state index is 14.1. The van der Waals surface area contributed by atoms with Crippen molar-refractivity contribution in [2.45, 2.75) is 12.5 Å². The molecule has 2 aliphatic heterocycles. The third-order valence-electron chi connectivity index (χ3n) is 6.24. The van der Waals surface area contributed by atoms with Crippen molar-refractivity contribution in [1.82, 2.24) is 14.7 Å². The van der Waals surface area contributed by atoms with Crippen molar-refractivity contribution in [2.75, 3.05) is 59.5 Å². The molecule has 0 radical (unpaired) electrons. The number of morpholine rings is 1. The molecule has 2 aliphatic rings. The molecule has 0 N–H and O–H groups in total. The highest BCUT2D eigenvalue weighted by molar-refractivity contribution is 5.95. The van der Waals surface area contributed by atoms with Gasteiger partial charge in [0, 0.05) is 50.9 Å². The van der Waals surface area contributed by atoms with E-state index in [0.717, 1.165) is 25.1 Å². The Balaban J connectivity index is 1.32. The van der Waals surface area contributed by atoms with E-state index in [1.54, 1.807) is 24.1 Å². The summed E-state index contributed by atoms with van der Waals surface area (Å²) in [5.74, 6) is -1.41. The number of rotatable bonds is 5. The van der Waals surface area contributed by atoms with Crippen molar-refractivity contribution in [2.24, 2.45) is 0 Å². The summed E-state index contributed by atoms with van der Waals surface area (Å²) in [6.07, 6.45) is 0.605. The van der Waals surface area contributed by atoms with Crippen LogP contribution in [0.4, 0.5) is 8.78 Å². The summed E-state index contributed by atoms with van der Waals surface area (Å²) >= 11 is 0. The molecule has 9 heteroatoms. The molecular weight excluding hydrogens is 444 g/mol. The molecule has 2 amide bonds. The van der Waals surface area contributed by atoms with E-state index in [1.807, 2.05) is 17.0 Å². The number of carbonyl (C=O) groups excluding carboxylic acids is 2. The van der Waals surface area contributed by atoms with Gasteiger partial charge in [-0.1, -0.05) is 6.07 Å². The Morgan fingerprint density at radius 1 is 1.00 bits per heavy atom. The molecule has 7 nitrogen and oxygen atoms in total. The minimum atomic E-state index is -0.860. The number of nitrogens with zero attached hydrogens (tertiary/aromatic N) is 3. The van der Waals surface area contributed by atoms with Crippen LogP contribution >= 0.6 is 0 Å². The smallest absolute Gasteiger partial charge is 0.257 e. The van der Waals surface area contributed by atoms with Crippen LogP contribution < -0.4 is 4.74 Å². The van der Waals surface area contributed by atoms with Gasteiger partial charge in [0.05, 0.1) is 25.4 Å². The first-order valence-corrected chi connectivity index (χ1v) is 11.5. The largest absolute Gasteiger partial charge is 0.497 e. The molecule has 0 spiro atoms. The van der Waals surface area contributed by atoms with Crippen molar-refractivity contribution in [1.29, 1.82) is 0 Å². The van der Waals surface area contributed by atoms with Gasteiger partial charge in [-0.15, -0.1) is 0 Å². The van der Waals surface area contributed by atoms with Gasteiger partial charge in [-0.05, 0) is 43.3 Å². The van der Waals surface area contributed by atoms with Crippen molar-refractivity contribution >= 4 is 11.8 Å². The molecule has 2 aromatic rings. The van der Waals surface area contributed by atoms with Crippen LogP contribution in [0.3, 0.4) is 0 Å². The summed E-state index contributed by atoms with van der Waals surface area (Å²) in [5, 5.41) is 0. The number of benzene rings is 2. The fraction of sp³-hybridized carbons (Fsp3) is 0.440. The number of amides is 2. The van der Waals surface area contributed by atoms with Gasteiger partial charge in [-0.2, -0.15) is 0 Å². The van der Waals surface area contributed by atoms with Crippen molar-refractivity contribution < 1.29 is 27.8 Å². The summed E-state index contributed by atoms with van der Waals surface area (Å²) < 4.78 is 38.4. The zero-order valence-corrected chi connectivity index (χ0v) is 19.2. The molecule has 0 saturated carbocycles. The summed E-state index contributed by atoms with van der Waals surface area (Å²) in [6.45, 7) is 4.40. The van der Waals surface area contributed by atoms with Crippen molar-refractivity contribution in [3.8, 4) is 5.75 Å². The summed E-state index contributed by atoms with van der Waals surface area (Å²) in [5.41, 5.74) is 0.467. The van der Waals surface area contributed by atoms with Gasteiger partial charge in [-0.25, -0.2) is 8.78 Å². The number of carbonyl (C=O) groups is 2. The highest BCUT2D eigenvalue weighted by Gasteiger charge is 2.29. The topological polar surface area (TPSA) is 62.3 Å². The van der Waals surface area contributed by atoms with Crippen molar-refractivity contribution in [3.05, 3.63) is 65.2 Å².